The van der Waals surface area contributed by atoms with Crippen molar-refractivity contribution in [3.05, 3.63) is 23.3 Å². The molecule has 31 heavy (non-hydrogen) atoms. The molecule has 0 aromatic rings. The second-order valence-corrected chi connectivity index (χ2v) is 12.9. The molecule has 3 fully saturated rings. The lowest BCUT2D eigenvalue weighted by molar-refractivity contribution is -0.0773. The van der Waals surface area contributed by atoms with Crippen molar-refractivity contribution in [2.75, 3.05) is 0 Å². The summed E-state index contributed by atoms with van der Waals surface area (Å²) in [5.41, 5.74) is 4.45. The highest BCUT2D eigenvalue weighted by Crippen LogP contribution is 2.67. The maximum absolute atomic E-state index is 10.5. The van der Waals surface area contributed by atoms with Crippen molar-refractivity contribution in [2.24, 2.45) is 52.3 Å². The summed E-state index contributed by atoms with van der Waals surface area (Å²) in [5, 5.41) is 10.5. The molecule has 0 radical (unpaired) electrons. The second-order valence-electron chi connectivity index (χ2n) is 12.9. The third-order valence-corrected chi connectivity index (χ3v) is 11.3. The van der Waals surface area contributed by atoms with Gasteiger partial charge in [-0.3, -0.25) is 0 Å². The van der Waals surface area contributed by atoms with Crippen LogP contribution in [0.5, 0.6) is 0 Å². The molecule has 0 aromatic heterocycles. The van der Waals surface area contributed by atoms with Gasteiger partial charge in [0.2, 0.25) is 0 Å². The predicted molar refractivity (Wildman–Crippen MR) is 133 cm³/mol. The highest BCUT2D eigenvalue weighted by atomic mass is 16.3. The molecule has 176 valence electrons. The van der Waals surface area contributed by atoms with Crippen LogP contribution in [-0.2, 0) is 0 Å². The van der Waals surface area contributed by atoms with Gasteiger partial charge in [0.05, 0.1) is 6.10 Å². The molecule has 0 aromatic carbocycles. The minimum Gasteiger partial charge on any atom is -0.393 e. The van der Waals surface area contributed by atoms with Gasteiger partial charge in [-0.15, -0.1) is 0 Å². The van der Waals surface area contributed by atoms with Crippen LogP contribution in [0.2, 0.25) is 0 Å². The second kappa shape index (κ2) is 8.66. The predicted octanol–water partition coefficient (Wildman–Crippen LogP) is 8.19. The normalized spacial score (nSPS) is 46.2. The van der Waals surface area contributed by atoms with Gasteiger partial charge in [-0.05, 0) is 117 Å². The molecule has 4 aliphatic rings. The first-order valence-electron chi connectivity index (χ1n) is 13.7. The maximum Gasteiger partial charge on any atom is 0.0568 e. The third-order valence-electron chi connectivity index (χ3n) is 11.3. The Kier molecular flexibility index (Phi) is 6.59. The lowest BCUT2D eigenvalue weighted by atomic mass is 9.46. The summed E-state index contributed by atoms with van der Waals surface area (Å²) < 4.78 is 0. The monoisotopic (exact) mass is 426 g/mol. The molecule has 1 nitrogen and oxygen atoms in total. The van der Waals surface area contributed by atoms with Crippen molar-refractivity contribution in [1.82, 2.24) is 0 Å². The van der Waals surface area contributed by atoms with Gasteiger partial charge in [0.15, 0.2) is 0 Å². The van der Waals surface area contributed by atoms with Gasteiger partial charge < -0.3 is 5.11 Å². The number of rotatable bonds is 5. The Hall–Kier alpha value is -0.560. The molecule has 0 heterocycles. The van der Waals surface area contributed by atoms with Crippen LogP contribution >= 0.6 is 0 Å². The minimum absolute atomic E-state index is 0.0773. The zero-order valence-corrected chi connectivity index (χ0v) is 21.6. The lowest BCUT2D eigenvalue weighted by Crippen LogP contribution is -2.52. The molecule has 0 bridgehead atoms. The SMILES string of the molecule is C/C=C(/CC[C@@H](C)C1CCC2C3=CCC4[C@H](C)[C@@H](O)CC[C@]4(C)C3CC[C@@]21C)C(C)C. The molecule has 9 atom stereocenters. The molecular weight excluding hydrogens is 376 g/mol. The Labute approximate surface area is 193 Å². The van der Waals surface area contributed by atoms with Gasteiger partial charge in [-0.2, -0.15) is 0 Å². The highest BCUT2D eigenvalue weighted by Gasteiger charge is 2.59. The lowest BCUT2D eigenvalue weighted by Gasteiger charge is -2.59. The average Bonchev–Trinajstić information content (AvgIpc) is 3.08. The fraction of sp³-hybridized carbons (Fsp3) is 0.867. The molecule has 4 rings (SSSR count). The number of fused-ring (bicyclic) bond motifs is 5. The van der Waals surface area contributed by atoms with E-state index in [1.54, 1.807) is 5.57 Å². The van der Waals surface area contributed by atoms with E-state index in [0.717, 1.165) is 30.1 Å². The van der Waals surface area contributed by atoms with Crippen molar-refractivity contribution >= 4 is 0 Å². The van der Waals surface area contributed by atoms with Crippen molar-refractivity contribution in [2.45, 2.75) is 112 Å². The smallest absolute Gasteiger partial charge is 0.0568 e. The van der Waals surface area contributed by atoms with E-state index in [-0.39, 0.29) is 6.10 Å². The van der Waals surface area contributed by atoms with Crippen LogP contribution < -0.4 is 0 Å². The summed E-state index contributed by atoms with van der Waals surface area (Å²) in [5.74, 6) is 5.16. The zero-order chi connectivity index (χ0) is 22.6. The molecule has 4 unspecified atom stereocenters. The largest absolute Gasteiger partial charge is 0.393 e. The zero-order valence-electron chi connectivity index (χ0n) is 21.6. The van der Waals surface area contributed by atoms with E-state index in [4.69, 9.17) is 0 Å². The molecular formula is C30H50O. The van der Waals surface area contributed by atoms with Crippen LogP contribution in [0, 0.1) is 52.3 Å². The number of hydrogen-bond donors (Lipinski definition) is 1. The number of aliphatic hydroxyl groups excluding tert-OH is 1. The van der Waals surface area contributed by atoms with Crippen LogP contribution in [0.15, 0.2) is 23.3 Å². The number of allylic oxidation sites excluding steroid dienone is 4. The van der Waals surface area contributed by atoms with Crippen molar-refractivity contribution < 1.29 is 5.11 Å². The van der Waals surface area contributed by atoms with E-state index in [1.807, 2.05) is 5.57 Å². The molecule has 3 saturated carbocycles. The minimum atomic E-state index is -0.0773. The van der Waals surface area contributed by atoms with Gasteiger partial charge in [0, 0.05) is 0 Å². The molecule has 0 spiro atoms. The fourth-order valence-corrected chi connectivity index (χ4v) is 9.28. The van der Waals surface area contributed by atoms with E-state index >= 15 is 0 Å². The van der Waals surface area contributed by atoms with E-state index in [2.05, 4.69) is 60.6 Å². The highest BCUT2D eigenvalue weighted by molar-refractivity contribution is 5.28. The van der Waals surface area contributed by atoms with E-state index in [0.29, 0.717) is 28.6 Å². The molecule has 0 amide bonds. The molecule has 0 aliphatic heterocycles. The Bertz CT molecular complexity index is 716. The van der Waals surface area contributed by atoms with Gasteiger partial charge in [0.1, 0.15) is 0 Å². The summed E-state index contributed by atoms with van der Waals surface area (Å²) in [7, 11) is 0. The van der Waals surface area contributed by atoms with Crippen LogP contribution in [-0.4, -0.2) is 11.2 Å². The molecule has 0 saturated heterocycles. The number of hydrogen-bond acceptors (Lipinski definition) is 1. The van der Waals surface area contributed by atoms with Crippen LogP contribution in [0.3, 0.4) is 0 Å². The average molecular weight is 427 g/mol. The summed E-state index contributed by atoms with van der Waals surface area (Å²) in [6.07, 6.45) is 16.8. The van der Waals surface area contributed by atoms with Gasteiger partial charge >= 0.3 is 0 Å². The molecule has 1 heteroatoms. The van der Waals surface area contributed by atoms with Crippen molar-refractivity contribution in [3.63, 3.8) is 0 Å². The van der Waals surface area contributed by atoms with E-state index in [1.165, 1.54) is 51.4 Å². The molecule has 1 N–H and O–H groups in total. The first-order valence-corrected chi connectivity index (χ1v) is 13.7. The van der Waals surface area contributed by atoms with E-state index in [9.17, 15) is 5.11 Å². The van der Waals surface area contributed by atoms with Crippen LogP contribution in [0.1, 0.15) is 106 Å². The third kappa shape index (κ3) is 3.79. The van der Waals surface area contributed by atoms with Crippen molar-refractivity contribution in [3.8, 4) is 0 Å². The summed E-state index contributed by atoms with van der Waals surface area (Å²) in [6, 6.07) is 0. The standard InChI is InChI=1S/C30H50O/c1-8-22(19(2)3)10-9-20(4)24-13-14-26-23-11-12-25-21(5)28(31)16-18-30(25,7)27(23)15-17-29(24,26)6/h8,11,19-21,24-28,31H,9-10,12-18H2,1-7H3/b22-8-/t20-,21+,24?,25?,26?,27?,28+,29-,30+/m1/s1. The first-order chi connectivity index (χ1) is 14.6. The summed E-state index contributed by atoms with van der Waals surface area (Å²) in [4.78, 5) is 0. The Morgan fingerprint density at radius 1 is 1.06 bits per heavy atom. The molecule has 4 aliphatic carbocycles. The Morgan fingerprint density at radius 3 is 2.42 bits per heavy atom. The topological polar surface area (TPSA) is 20.2 Å². The quantitative estimate of drug-likeness (QED) is 0.439. The Balaban J connectivity index is 1.51. The van der Waals surface area contributed by atoms with Gasteiger partial charge in [-0.1, -0.05) is 64.8 Å². The summed E-state index contributed by atoms with van der Waals surface area (Å²) >= 11 is 0. The maximum atomic E-state index is 10.5. The van der Waals surface area contributed by atoms with E-state index < -0.39 is 0 Å². The van der Waals surface area contributed by atoms with Crippen LogP contribution in [0.25, 0.3) is 0 Å². The van der Waals surface area contributed by atoms with Crippen LogP contribution in [0.4, 0.5) is 0 Å². The van der Waals surface area contributed by atoms with Crippen molar-refractivity contribution in [1.29, 1.82) is 0 Å². The summed E-state index contributed by atoms with van der Waals surface area (Å²) in [6.45, 7) is 17.1. The Morgan fingerprint density at radius 2 is 1.74 bits per heavy atom. The first kappa shape index (κ1) is 23.6. The van der Waals surface area contributed by atoms with Gasteiger partial charge in [-0.25, -0.2) is 0 Å². The fourth-order valence-electron chi connectivity index (χ4n) is 9.28. The van der Waals surface area contributed by atoms with Gasteiger partial charge in [0.25, 0.3) is 0 Å². The number of aliphatic hydroxyl groups is 1.